The monoisotopic (exact) mass is 602 g/mol. The normalized spacial score (nSPS) is 13.9. The molecule has 0 aliphatic carbocycles. The van der Waals surface area contributed by atoms with Crippen molar-refractivity contribution in [1.82, 2.24) is 5.32 Å². The van der Waals surface area contributed by atoms with Crippen molar-refractivity contribution in [2.75, 3.05) is 13.2 Å². The fourth-order valence-electron chi connectivity index (χ4n) is 4.79. The van der Waals surface area contributed by atoms with Gasteiger partial charge in [0.05, 0.1) is 18.8 Å². The van der Waals surface area contributed by atoms with E-state index in [1.165, 1.54) is 64.2 Å². The Hall–Kier alpha value is -1.95. The van der Waals surface area contributed by atoms with Crippen LogP contribution in [0.4, 0.5) is 0 Å². The SMILES string of the molecule is CCCCCCCCCCCCC/C=C/[C@@H](O)[C@H](CO)NC(=O)CCC/C=C\C/C=C\C/C=C\C/C=C\CCCCCO. The summed E-state index contributed by atoms with van der Waals surface area (Å²) in [5, 5.41) is 31.5. The van der Waals surface area contributed by atoms with Crippen molar-refractivity contribution >= 4 is 5.91 Å². The van der Waals surface area contributed by atoms with Crippen LogP contribution in [0.25, 0.3) is 0 Å². The first-order valence-corrected chi connectivity index (χ1v) is 17.6. The summed E-state index contributed by atoms with van der Waals surface area (Å²) >= 11 is 0. The summed E-state index contributed by atoms with van der Waals surface area (Å²) in [7, 11) is 0. The second-order valence-corrected chi connectivity index (χ2v) is 11.7. The average molecular weight is 602 g/mol. The number of nitrogens with one attached hydrogen (secondary N) is 1. The third kappa shape index (κ3) is 31.3. The Morgan fingerprint density at radius 2 is 1.02 bits per heavy atom. The Kier molecular flexibility index (Phi) is 33.0. The molecule has 0 spiro atoms. The second kappa shape index (κ2) is 34.5. The Morgan fingerprint density at radius 3 is 1.53 bits per heavy atom. The molecule has 0 radical (unpaired) electrons. The molecule has 248 valence electrons. The number of carbonyl (C=O) groups is 1. The van der Waals surface area contributed by atoms with Crippen LogP contribution in [-0.4, -0.2) is 46.6 Å². The van der Waals surface area contributed by atoms with Gasteiger partial charge in [-0.25, -0.2) is 0 Å². The standard InChI is InChI=1S/C38H67NO4/c1-2-3-4-5-6-7-8-14-17-20-23-26-29-32-37(42)36(35-41)39-38(43)33-30-27-24-21-18-15-12-10-9-11-13-16-19-22-25-28-31-34-40/h9,11-12,15-16,19,21,24,29,32,36-37,40-42H,2-8,10,13-14,17-18,20,22-23,25-28,30-31,33-35H2,1H3,(H,39,43)/b11-9-,15-12-,19-16-,24-21-,32-29+/t36-,37+/m0/s1. The number of rotatable bonds is 31. The van der Waals surface area contributed by atoms with Gasteiger partial charge in [0.2, 0.25) is 5.91 Å². The highest BCUT2D eigenvalue weighted by Gasteiger charge is 2.17. The molecule has 2 atom stereocenters. The molecule has 0 fully saturated rings. The number of unbranched alkanes of at least 4 members (excludes halogenated alkanes) is 15. The number of carbonyl (C=O) groups excluding carboxylic acids is 1. The lowest BCUT2D eigenvalue weighted by Gasteiger charge is -2.19. The summed E-state index contributed by atoms with van der Waals surface area (Å²) in [6, 6.07) is -0.658. The topological polar surface area (TPSA) is 89.8 Å². The lowest BCUT2D eigenvalue weighted by Crippen LogP contribution is -2.45. The molecule has 1 amide bonds. The van der Waals surface area contributed by atoms with Crippen molar-refractivity contribution in [3.05, 3.63) is 60.8 Å². The smallest absolute Gasteiger partial charge is 0.220 e. The zero-order valence-electron chi connectivity index (χ0n) is 27.6. The van der Waals surface area contributed by atoms with Crippen LogP contribution in [0.2, 0.25) is 0 Å². The van der Waals surface area contributed by atoms with Crippen molar-refractivity contribution < 1.29 is 20.1 Å². The number of hydrogen-bond donors (Lipinski definition) is 4. The number of allylic oxidation sites excluding steroid dienone is 9. The zero-order valence-corrected chi connectivity index (χ0v) is 27.6. The Morgan fingerprint density at radius 1 is 0.581 bits per heavy atom. The fraction of sp³-hybridized carbons (Fsp3) is 0.711. The number of aliphatic hydroxyl groups is 3. The van der Waals surface area contributed by atoms with Gasteiger partial charge in [0.1, 0.15) is 0 Å². The van der Waals surface area contributed by atoms with Gasteiger partial charge >= 0.3 is 0 Å². The molecule has 0 aliphatic heterocycles. The maximum atomic E-state index is 12.3. The first-order chi connectivity index (χ1) is 21.2. The molecule has 0 aliphatic rings. The molecule has 43 heavy (non-hydrogen) atoms. The number of amides is 1. The highest BCUT2D eigenvalue weighted by Crippen LogP contribution is 2.12. The molecule has 0 saturated carbocycles. The molecule has 0 aromatic heterocycles. The third-order valence-corrected chi connectivity index (χ3v) is 7.55. The molecule has 0 unspecified atom stereocenters. The summed E-state index contributed by atoms with van der Waals surface area (Å²) in [6.07, 6.45) is 44.5. The first-order valence-electron chi connectivity index (χ1n) is 17.6. The summed E-state index contributed by atoms with van der Waals surface area (Å²) < 4.78 is 0. The van der Waals surface area contributed by atoms with Crippen LogP contribution in [0.1, 0.15) is 148 Å². The number of aliphatic hydroxyl groups excluding tert-OH is 3. The zero-order chi connectivity index (χ0) is 31.5. The van der Waals surface area contributed by atoms with Crippen LogP contribution < -0.4 is 5.32 Å². The van der Waals surface area contributed by atoms with Gasteiger partial charge < -0.3 is 20.6 Å². The minimum atomic E-state index is -0.868. The van der Waals surface area contributed by atoms with E-state index in [9.17, 15) is 15.0 Å². The highest BCUT2D eigenvalue weighted by molar-refractivity contribution is 5.76. The molecular weight excluding hydrogens is 534 g/mol. The van der Waals surface area contributed by atoms with E-state index in [1.54, 1.807) is 6.08 Å². The molecule has 4 N–H and O–H groups in total. The molecule has 0 heterocycles. The second-order valence-electron chi connectivity index (χ2n) is 11.7. The quantitative estimate of drug-likeness (QED) is 0.0471. The van der Waals surface area contributed by atoms with E-state index >= 15 is 0 Å². The van der Waals surface area contributed by atoms with Crippen molar-refractivity contribution in [3.8, 4) is 0 Å². The van der Waals surface area contributed by atoms with Crippen LogP contribution >= 0.6 is 0 Å². The van der Waals surface area contributed by atoms with Crippen LogP contribution in [0, 0.1) is 0 Å². The fourth-order valence-corrected chi connectivity index (χ4v) is 4.79. The van der Waals surface area contributed by atoms with Crippen molar-refractivity contribution in [1.29, 1.82) is 0 Å². The largest absolute Gasteiger partial charge is 0.396 e. The summed E-state index contributed by atoms with van der Waals surface area (Å²) in [4.78, 5) is 12.3. The van der Waals surface area contributed by atoms with Gasteiger partial charge in [0.25, 0.3) is 0 Å². The molecule has 5 heteroatoms. The van der Waals surface area contributed by atoms with Crippen LogP contribution in [0.5, 0.6) is 0 Å². The Labute approximate surface area is 265 Å². The van der Waals surface area contributed by atoms with E-state index in [1.807, 2.05) is 6.08 Å². The minimum Gasteiger partial charge on any atom is -0.396 e. The maximum Gasteiger partial charge on any atom is 0.220 e. The van der Waals surface area contributed by atoms with E-state index in [2.05, 4.69) is 60.8 Å². The van der Waals surface area contributed by atoms with Crippen molar-refractivity contribution in [2.24, 2.45) is 0 Å². The van der Waals surface area contributed by atoms with Gasteiger partial charge in [-0.3, -0.25) is 4.79 Å². The summed E-state index contributed by atoms with van der Waals surface area (Å²) in [5.41, 5.74) is 0. The van der Waals surface area contributed by atoms with Gasteiger partial charge in [-0.1, -0.05) is 138 Å². The third-order valence-electron chi connectivity index (χ3n) is 7.55. The highest BCUT2D eigenvalue weighted by atomic mass is 16.3. The Bertz CT molecular complexity index is 740. The maximum absolute atomic E-state index is 12.3. The van der Waals surface area contributed by atoms with Crippen LogP contribution in [-0.2, 0) is 4.79 Å². The van der Waals surface area contributed by atoms with E-state index in [0.29, 0.717) is 13.0 Å². The molecule has 0 aromatic carbocycles. The molecule has 0 rings (SSSR count). The van der Waals surface area contributed by atoms with Gasteiger partial charge in [0, 0.05) is 13.0 Å². The van der Waals surface area contributed by atoms with Crippen LogP contribution in [0.3, 0.4) is 0 Å². The average Bonchev–Trinajstić information content (AvgIpc) is 3.01. The van der Waals surface area contributed by atoms with Crippen molar-refractivity contribution in [2.45, 2.75) is 160 Å². The Balaban J connectivity index is 3.79. The molecule has 0 saturated heterocycles. The predicted octanol–water partition coefficient (Wildman–Crippen LogP) is 9.20. The summed E-state index contributed by atoms with van der Waals surface area (Å²) in [6.45, 7) is 2.28. The first kappa shape index (κ1) is 41.0. The van der Waals surface area contributed by atoms with E-state index in [0.717, 1.165) is 70.6 Å². The molecule has 0 bridgehead atoms. The van der Waals surface area contributed by atoms with Gasteiger partial charge in [-0.2, -0.15) is 0 Å². The van der Waals surface area contributed by atoms with E-state index in [-0.39, 0.29) is 12.5 Å². The molecule has 5 nitrogen and oxygen atoms in total. The lowest BCUT2D eigenvalue weighted by atomic mass is 10.0. The van der Waals surface area contributed by atoms with Gasteiger partial charge in [-0.15, -0.1) is 0 Å². The van der Waals surface area contributed by atoms with Crippen LogP contribution in [0.15, 0.2) is 60.8 Å². The van der Waals surface area contributed by atoms with E-state index in [4.69, 9.17) is 5.11 Å². The van der Waals surface area contributed by atoms with Gasteiger partial charge in [0.15, 0.2) is 0 Å². The molecular formula is C38H67NO4. The minimum absolute atomic E-state index is 0.131. The van der Waals surface area contributed by atoms with Gasteiger partial charge in [-0.05, 0) is 64.2 Å². The molecule has 0 aromatic rings. The lowest BCUT2D eigenvalue weighted by molar-refractivity contribution is -0.122. The summed E-state index contributed by atoms with van der Waals surface area (Å²) in [5.74, 6) is -0.131. The van der Waals surface area contributed by atoms with Crippen molar-refractivity contribution in [3.63, 3.8) is 0 Å². The van der Waals surface area contributed by atoms with E-state index < -0.39 is 12.1 Å². The predicted molar refractivity (Wildman–Crippen MR) is 185 cm³/mol. The number of hydrogen-bond acceptors (Lipinski definition) is 4.